The zero-order valence-electron chi connectivity index (χ0n) is 13.5. The van der Waals surface area contributed by atoms with Crippen LogP contribution in [0.15, 0.2) is 5.38 Å². The molecule has 120 valence electrons. The molecule has 2 heterocycles. The standard InChI is InChI=1S/C15H28N4OS/c1-13(2)11-18-5-7-19(8-6-18)15-17-14(12-21-15)10-16-4-9-20-3/h12-13,16H,4-11H2,1-3H3. The second-order valence-corrected chi connectivity index (χ2v) is 6.81. The summed E-state index contributed by atoms with van der Waals surface area (Å²) in [6.45, 7) is 12.7. The summed E-state index contributed by atoms with van der Waals surface area (Å²) >= 11 is 1.76. The van der Waals surface area contributed by atoms with Crippen LogP contribution in [0.3, 0.4) is 0 Å². The van der Waals surface area contributed by atoms with Crippen molar-refractivity contribution in [2.45, 2.75) is 20.4 Å². The molecule has 0 amide bonds. The van der Waals surface area contributed by atoms with Gasteiger partial charge in [-0.15, -0.1) is 11.3 Å². The molecule has 0 atom stereocenters. The van der Waals surface area contributed by atoms with Crippen molar-refractivity contribution in [2.24, 2.45) is 5.92 Å². The minimum absolute atomic E-state index is 0.745. The summed E-state index contributed by atoms with van der Waals surface area (Å²) in [5, 5.41) is 6.67. The summed E-state index contributed by atoms with van der Waals surface area (Å²) < 4.78 is 5.02. The number of thiazole rings is 1. The highest BCUT2D eigenvalue weighted by molar-refractivity contribution is 7.13. The van der Waals surface area contributed by atoms with Gasteiger partial charge in [0.25, 0.3) is 0 Å². The minimum Gasteiger partial charge on any atom is -0.383 e. The summed E-state index contributed by atoms with van der Waals surface area (Å²) in [6.07, 6.45) is 0. The number of hydrogen-bond donors (Lipinski definition) is 1. The summed E-state index contributed by atoms with van der Waals surface area (Å²) in [4.78, 5) is 9.71. The van der Waals surface area contributed by atoms with Gasteiger partial charge >= 0.3 is 0 Å². The fourth-order valence-electron chi connectivity index (χ4n) is 2.55. The van der Waals surface area contributed by atoms with Crippen molar-refractivity contribution in [3.63, 3.8) is 0 Å². The third-order valence-electron chi connectivity index (χ3n) is 3.59. The first-order valence-electron chi connectivity index (χ1n) is 7.80. The van der Waals surface area contributed by atoms with E-state index in [4.69, 9.17) is 9.72 Å². The van der Waals surface area contributed by atoms with Crippen molar-refractivity contribution in [1.82, 2.24) is 15.2 Å². The van der Waals surface area contributed by atoms with E-state index in [1.165, 1.54) is 11.7 Å². The molecule has 5 nitrogen and oxygen atoms in total. The van der Waals surface area contributed by atoms with Crippen LogP contribution in [0.4, 0.5) is 5.13 Å². The molecule has 0 aromatic carbocycles. The van der Waals surface area contributed by atoms with Crippen LogP contribution in [-0.4, -0.2) is 62.9 Å². The number of anilines is 1. The Bertz CT molecular complexity index is 402. The molecule has 1 fully saturated rings. The molecule has 1 aliphatic rings. The van der Waals surface area contributed by atoms with Crippen molar-refractivity contribution >= 4 is 16.5 Å². The molecule has 6 heteroatoms. The van der Waals surface area contributed by atoms with Gasteiger partial charge in [-0.05, 0) is 5.92 Å². The van der Waals surface area contributed by atoms with Crippen LogP contribution in [0.2, 0.25) is 0 Å². The predicted octanol–water partition coefficient (Wildman–Crippen LogP) is 1.66. The molecule has 2 rings (SSSR count). The Labute approximate surface area is 132 Å². The number of ether oxygens (including phenoxy) is 1. The van der Waals surface area contributed by atoms with Gasteiger partial charge in [-0.25, -0.2) is 4.98 Å². The van der Waals surface area contributed by atoms with Crippen molar-refractivity contribution in [3.8, 4) is 0 Å². The molecule has 0 unspecified atom stereocenters. The Balaban J connectivity index is 1.74. The zero-order chi connectivity index (χ0) is 15.1. The lowest BCUT2D eigenvalue weighted by molar-refractivity contribution is 0.199. The lowest BCUT2D eigenvalue weighted by Crippen LogP contribution is -2.47. The lowest BCUT2D eigenvalue weighted by Gasteiger charge is -2.35. The first-order valence-corrected chi connectivity index (χ1v) is 8.68. The van der Waals surface area contributed by atoms with Crippen LogP contribution in [0, 0.1) is 5.92 Å². The smallest absolute Gasteiger partial charge is 0.185 e. The number of aromatic nitrogens is 1. The molecule has 1 aromatic heterocycles. The molecular weight excluding hydrogens is 284 g/mol. The van der Waals surface area contributed by atoms with E-state index in [0.29, 0.717) is 0 Å². The largest absolute Gasteiger partial charge is 0.383 e. The molecule has 1 N–H and O–H groups in total. The fraction of sp³-hybridized carbons (Fsp3) is 0.800. The van der Waals surface area contributed by atoms with E-state index in [1.807, 2.05) is 0 Å². The molecule has 0 aliphatic carbocycles. The maximum Gasteiger partial charge on any atom is 0.185 e. The van der Waals surface area contributed by atoms with E-state index < -0.39 is 0 Å². The maximum atomic E-state index is 5.02. The van der Waals surface area contributed by atoms with Crippen LogP contribution >= 0.6 is 11.3 Å². The number of nitrogens with zero attached hydrogens (tertiary/aromatic N) is 3. The average Bonchev–Trinajstić information content (AvgIpc) is 2.93. The van der Waals surface area contributed by atoms with Gasteiger partial charge in [0, 0.05) is 58.3 Å². The van der Waals surface area contributed by atoms with E-state index in [2.05, 4.69) is 34.3 Å². The topological polar surface area (TPSA) is 40.6 Å². The van der Waals surface area contributed by atoms with Crippen molar-refractivity contribution in [3.05, 3.63) is 11.1 Å². The number of hydrogen-bond acceptors (Lipinski definition) is 6. The second-order valence-electron chi connectivity index (χ2n) is 5.97. The molecule has 1 aromatic rings. The first-order chi connectivity index (χ1) is 10.2. The van der Waals surface area contributed by atoms with Gasteiger partial charge in [0.15, 0.2) is 5.13 Å². The van der Waals surface area contributed by atoms with Gasteiger partial charge in [-0.1, -0.05) is 13.8 Å². The maximum absolute atomic E-state index is 5.02. The number of piperazine rings is 1. The Morgan fingerprint density at radius 2 is 2.10 bits per heavy atom. The van der Waals surface area contributed by atoms with Gasteiger partial charge in [-0.3, -0.25) is 4.90 Å². The fourth-order valence-corrected chi connectivity index (χ4v) is 3.43. The zero-order valence-corrected chi connectivity index (χ0v) is 14.3. The summed E-state index contributed by atoms with van der Waals surface area (Å²) in [5.41, 5.74) is 1.13. The highest BCUT2D eigenvalue weighted by Gasteiger charge is 2.19. The van der Waals surface area contributed by atoms with Gasteiger partial charge in [-0.2, -0.15) is 0 Å². The minimum atomic E-state index is 0.745. The molecule has 1 aliphatic heterocycles. The van der Waals surface area contributed by atoms with E-state index in [-0.39, 0.29) is 0 Å². The predicted molar refractivity (Wildman–Crippen MR) is 89.2 cm³/mol. The quantitative estimate of drug-likeness (QED) is 0.739. The van der Waals surface area contributed by atoms with Gasteiger partial charge in [0.2, 0.25) is 0 Å². The van der Waals surface area contributed by atoms with Crippen LogP contribution in [0.1, 0.15) is 19.5 Å². The van der Waals surface area contributed by atoms with E-state index in [1.54, 1.807) is 18.4 Å². The monoisotopic (exact) mass is 312 g/mol. The second kappa shape index (κ2) is 8.68. The molecular formula is C15H28N4OS. The van der Waals surface area contributed by atoms with E-state index >= 15 is 0 Å². The van der Waals surface area contributed by atoms with Gasteiger partial charge < -0.3 is 15.0 Å². The Morgan fingerprint density at radius 1 is 1.33 bits per heavy atom. The van der Waals surface area contributed by atoms with Crippen LogP contribution in [0.25, 0.3) is 0 Å². The average molecular weight is 312 g/mol. The van der Waals surface area contributed by atoms with Crippen molar-refractivity contribution in [2.75, 3.05) is 57.9 Å². The van der Waals surface area contributed by atoms with E-state index in [0.717, 1.165) is 57.5 Å². The number of nitrogens with one attached hydrogen (secondary N) is 1. The highest BCUT2D eigenvalue weighted by Crippen LogP contribution is 2.22. The highest BCUT2D eigenvalue weighted by atomic mass is 32.1. The SMILES string of the molecule is COCCNCc1csc(N2CCN(CC(C)C)CC2)n1. The van der Waals surface area contributed by atoms with E-state index in [9.17, 15) is 0 Å². The summed E-state index contributed by atoms with van der Waals surface area (Å²) in [7, 11) is 1.72. The van der Waals surface area contributed by atoms with Gasteiger partial charge in [0.1, 0.15) is 0 Å². The molecule has 0 radical (unpaired) electrons. The number of methoxy groups -OCH3 is 1. The normalized spacial score (nSPS) is 16.9. The summed E-state index contributed by atoms with van der Waals surface area (Å²) in [6, 6.07) is 0. The Hall–Kier alpha value is -0.690. The molecule has 21 heavy (non-hydrogen) atoms. The number of rotatable bonds is 8. The van der Waals surface area contributed by atoms with Crippen molar-refractivity contribution < 1.29 is 4.74 Å². The first kappa shape index (κ1) is 16.7. The van der Waals surface area contributed by atoms with Gasteiger partial charge in [0.05, 0.1) is 12.3 Å². The van der Waals surface area contributed by atoms with Crippen LogP contribution < -0.4 is 10.2 Å². The van der Waals surface area contributed by atoms with Crippen molar-refractivity contribution in [1.29, 1.82) is 0 Å². The molecule has 0 saturated carbocycles. The molecule has 1 saturated heterocycles. The lowest BCUT2D eigenvalue weighted by atomic mass is 10.2. The van der Waals surface area contributed by atoms with Crippen LogP contribution in [0.5, 0.6) is 0 Å². The molecule has 0 bridgehead atoms. The third-order valence-corrected chi connectivity index (χ3v) is 4.55. The Kier molecular flexibility index (Phi) is 6.89. The Morgan fingerprint density at radius 3 is 2.76 bits per heavy atom. The third kappa shape index (κ3) is 5.54. The summed E-state index contributed by atoms with van der Waals surface area (Å²) in [5.74, 6) is 0.751. The van der Waals surface area contributed by atoms with Crippen LogP contribution in [-0.2, 0) is 11.3 Å². The molecule has 0 spiro atoms.